The van der Waals surface area contributed by atoms with Crippen LogP contribution >= 0.6 is 23.4 Å². The third kappa shape index (κ3) is 5.79. The molecule has 174 valence electrons. The Balaban J connectivity index is 1.50. The minimum atomic E-state index is -0.352. The Kier molecular flexibility index (Phi) is 7.55. The minimum Gasteiger partial charge on any atom is -0.490 e. The van der Waals surface area contributed by atoms with Gasteiger partial charge in [0.15, 0.2) is 11.5 Å². The molecule has 1 saturated heterocycles. The lowest BCUT2D eigenvalue weighted by Gasteiger charge is -2.13. The smallest absolute Gasteiger partial charge is 0.293 e. The molecule has 1 aliphatic rings. The number of carbonyl (C=O) groups is 2. The number of amides is 2. The van der Waals surface area contributed by atoms with E-state index in [1.165, 1.54) is 17.0 Å². The zero-order chi connectivity index (χ0) is 24.1. The van der Waals surface area contributed by atoms with Crippen LogP contribution in [0.4, 0.5) is 9.18 Å². The molecule has 0 N–H and O–H groups in total. The number of benzene rings is 3. The van der Waals surface area contributed by atoms with Crippen molar-refractivity contribution in [2.24, 2.45) is 0 Å². The monoisotopic (exact) mass is 497 g/mol. The summed E-state index contributed by atoms with van der Waals surface area (Å²) in [7, 11) is 0. The molecule has 0 aliphatic carbocycles. The maximum atomic E-state index is 13.4. The van der Waals surface area contributed by atoms with Crippen LogP contribution in [-0.4, -0.2) is 22.7 Å². The first kappa shape index (κ1) is 23.9. The summed E-state index contributed by atoms with van der Waals surface area (Å²) in [5.41, 5.74) is 2.20. The summed E-state index contributed by atoms with van der Waals surface area (Å²) in [5, 5.41) is 0.262. The van der Waals surface area contributed by atoms with E-state index in [1.807, 2.05) is 6.92 Å². The second-order valence-corrected chi connectivity index (χ2v) is 8.88. The fourth-order valence-corrected chi connectivity index (χ4v) is 4.31. The predicted molar refractivity (Wildman–Crippen MR) is 131 cm³/mol. The molecule has 0 bridgehead atoms. The average molecular weight is 498 g/mol. The van der Waals surface area contributed by atoms with Gasteiger partial charge in [0.05, 0.1) is 18.1 Å². The van der Waals surface area contributed by atoms with Gasteiger partial charge in [-0.25, -0.2) is 4.39 Å². The van der Waals surface area contributed by atoms with E-state index in [-0.39, 0.29) is 30.1 Å². The van der Waals surface area contributed by atoms with Crippen molar-refractivity contribution in [2.75, 3.05) is 6.61 Å². The lowest BCUT2D eigenvalue weighted by atomic mass is 10.1. The van der Waals surface area contributed by atoms with Crippen LogP contribution < -0.4 is 9.47 Å². The van der Waals surface area contributed by atoms with Crippen LogP contribution in [0.15, 0.2) is 71.6 Å². The maximum Gasteiger partial charge on any atom is 0.293 e. The normalized spacial score (nSPS) is 14.7. The molecule has 1 fully saturated rings. The van der Waals surface area contributed by atoms with E-state index in [2.05, 4.69) is 0 Å². The van der Waals surface area contributed by atoms with Crippen molar-refractivity contribution in [2.45, 2.75) is 20.1 Å². The first-order valence-electron chi connectivity index (χ1n) is 10.6. The highest BCUT2D eigenvalue weighted by molar-refractivity contribution is 8.18. The second kappa shape index (κ2) is 10.8. The number of rotatable bonds is 8. The summed E-state index contributed by atoms with van der Waals surface area (Å²) in [4.78, 5) is 26.8. The number of carbonyl (C=O) groups excluding carboxylic acids is 2. The Morgan fingerprint density at radius 3 is 2.50 bits per heavy atom. The summed E-state index contributed by atoms with van der Waals surface area (Å²) in [6.07, 6.45) is 1.66. The molecule has 8 heteroatoms. The van der Waals surface area contributed by atoms with E-state index in [4.69, 9.17) is 21.1 Å². The molecule has 0 atom stereocenters. The van der Waals surface area contributed by atoms with Crippen LogP contribution in [0.1, 0.15) is 23.6 Å². The van der Waals surface area contributed by atoms with Crippen molar-refractivity contribution < 1.29 is 23.5 Å². The van der Waals surface area contributed by atoms with Gasteiger partial charge in [-0.3, -0.25) is 14.5 Å². The predicted octanol–water partition coefficient (Wildman–Crippen LogP) is 6.69. The average Bonchev–Trinajstić information content (AvgIpc) is 3.07. The van der Waals surface area contributed by atoms with Crippen LogP contribution in [-0.2, 0) is 17.9 Å². The fraction of sp³-hybridized carbons (Fsp3) is 0.154. The molecule has 34 heavy (non-hydrogen) atoms. The number of thioether (sulfide) groups is 1. The molecule has 1 aliphatic heterocycles. The molecule has 0 unspecified atom stereocenters. The van der Waals surface area contributed by atoms with Crippen molar-refractivity contribution in [3.8, 4) is 11.5 Å². The van der Waals surface area contributed by atoms with E-state index >= 15 is 0 Å². The van der Waals surface area contributed by atoms with Crippen molar-refractivity contribution in [3.05, 3.63) is 99.2 Å². The van der Waals surface area contributed by atoms with Gasteiger partial charge in [0.25, 0.3) is 11.1 Å². The van der Waals surface area contributed by atoms with Gasteiger partial charge in [-0.15, -0.1) is 0 Å². The highest BCUT2D eigenvalue weighted by Gasteiger charge is 2.35. The third-order valence-corrected chi connectivity index (χ3v) is 6.14. The first-order chi connectivity index (χ1) is 16.4. The van der Waals surface area contributed by atoms with Crippen LogP contribution in [0, 0.1) is 5.82 Å². The van der Waals surface area contributed by atoms with Gasteiger partial charge in [-0.1, -0.05) is 41.9 Å². The molecular formula is C26H21ClFNO4S. The summed E-state index contributed by atoms with van der Waals surface area (Å²) in [5.74, 6) is 0.313. The SMILES string of the molecule is CCOc1cc(/C=C2\SC(=O)N(Cc3ccc(Cl)cc3)C2=O)ccc1OCc1cccc(F)c1. The number of hydrogen-bond donors (Lipinski definition) is 0. The van der Waals surface area contributed by atoms with Gasteiger partial charge in [-0.05, 0) is 77.9 Å². The quantitative estimate of drug-likeness (QED) is 0.324. The number of hydrogen-bond acceptors (Lipinski definition) is 5. The number of nitrogens with zero attached hydrogens (tertiary/aromatic N) is 1. The molecule has 1 heterocycles. The Labute approximate surface area is 206 Å². The minimum absolute atomic E-state index is 0.177. The van der Waals surface area contributed by atoms with Crippen LogP contribution in [0.25, 0.3) is 6.08 Å². The Morgan fingerprint density at radius 1 is 0.971 bits per heavy atom. The summed E-state index contributed by atoms with van der Waals surface area (Å²) < 4.78 is 24.9. The van der Waals surface area contributed by atoms with Gasteiger partial charge in [0.1, 0.15) is 12.4 Å². The van der Waals surface area contributed by atoms with E-state index in [9.17, 15) is 14.0 Å². The fourth-order valence-electron chi connectivity index (χ4n) is 3.35. The molecule has 2 amide bonds. The number of imide groups is 1. The lowest BCUT2D eigenvalue weighted by Crippen LogP contribution is -2.27. The molecule has 3 aromatic carbocycles. The molecule has 0 saturated carbocycles. The Hall–Kier alpha value is -3.29. The van der Waals surface area contributed by atoms with Gasteiger partial charge in [0.2, 0.25) is 0 Å². The van der Waals surface area contributed by atoms with Crippen molar-refractivity contribution in [1.82, 2.24) is 4.90 Å². The highest BCUT2D eigenvalue weighted by Crippen LogP contribution is 2.35. The van der Waals surface area contributed by atoms with Crippen LogP contribution in [0.2, 0.25) is 5.02 Å². The maximum absolute atomic E-state index is 13.4. The van der Waals surface area contributed by atoms with Crippen molar-refractivity contribution in [3.63, 3.8) is 0 Å². The van der Waals surface area contributed by atoms with E-state index in [0.29, 0.717) is 39.2 Å². The van der Waals surface area contributed by atoms with Gasteiger partial charge < -0.3 is 9.47 Å². The third-order valence-electron chi connectivity index (χ3n) is 4.98. The van der Waals surface area contributed by atoms with Crippen LogP contribution in [0.5, 0.6) is 11.5 Å². The molecular weight excluding hydrogens is 477 g/mol. The Morgan fingerprint density at radius 2 is 1.76 bits per heavy atom. The van der Waals surface area contributed by atoms with E-state index < -0.39 is 0 Å². The van der Waals surface area contributed by atoms with E-state index in [0.717, 1.165) is 17.3 Å². The molecule has 4 rings (SSSR count). The van der Waals surface area contributed by atoms with Gasteiger partial charge in [-0.2, -0.15) is 0 Å². The highest BCUT2D eigenvalue weighted by atomic mass is 35.5. The standard InChI is InChI=1S/C26H21ClFNO4S/c1-2-32-23-13-18(8-11-22(23)33-16-19-4-3-5-21(28)12-19)14-24-25(30)29(26(31)34-24)15-17-6-9-20(27)10-7-17/h3-14H,2,15-16H2,1H3/b24-14-. The molecule has 0 radical (unpaired) electrons. The molecule has 0 aromatic heterocycles. The van der Waals surface area contributed by atoms with Gasteiger partial charge in [0, 0.05) is 5.02 Å². The van der Waals surface area contributed by atoms with Gasteiger partial charge >= 0.3 is 0 Å². The summed E-state index contributed by atoms with van der Waals surface area (Å²) >= 11 is 6.80. The van der Waals surface area contributed by atoms with Crippen molar-refractivity contribution in [1.29, 1.82) is 0 Å². The topological polar surface area (TPSA) is 55.8 Å². The molecule has 5 nitrogen and oxygen atoms in total. The largest absolute Gasteiger partial charge is 0.490 e. The second-order valence-electron chi connectivity index (χ2n) is 7.45. The zero-order valence-corrected chi connectivity index (χ0v) is 19.9. The molecule has 3 aromatic rings. The Bertz CT molecular complexity index is 1250. The number of halogens is 2. The first-order valence-corrected chi connectivity index (χ1v) is 11.8. The molecule has 0 spiro atoms. The lowest BCUT2D eigenvalue weighted by molar-refractivity contribution is -0.123. The summed E-state index contributed by atoms with van der Waals surface area (Å²) in [6, 6.07) is 18.5. The summed E-state index contributed by atoms with van der Waals surface area (Å²) in [6.45, 7) is 2.62. The van der Waals surface area contributed by atoms with Crippen LogP contribution in [0.3, 0.4) is 0 Å². The van der Waals surface area contributed by atoms with Crippen molar-refractivity contribution >= 4 is 40.6 Å². The zero-order valence-electron chi connectivity index (χ0n) is 18.3. The van der Waals surface area contributed by atoms with E-state index in [1.54, 1.807) is 60.7 Å². The number of ether oxygens (including phenoxy) is 2.